The summed E-state index contributed by atoms with van der Waals surface area (Å²) >= 11 is 0. The minimum Gasteiger partial charge on any atom is -0.382 e. The molecule has 0 aromatic heterocycles. The lowest BCUT2D eigenvalue weighted by Crippen LogP contribution is -2.23. The summed E-state index contributed by atoms with van der Waals surface area (Å²) in [7, 11) is -0.405. The molecule has 0 aliphatic heterocycles. The topological polar surface area (TPSA) is 58.6 Å². The number of benzene rings is 1. The number of anilines is 1. The molecule has 0 radical (unpaired) electrons. The quantitative estimate of drug-likeness (QED) is 0.559. The van der Waals surface area contributed by atoms with Gasteiger partial charge in [-0.15, -0.1) is 6.58 Å². The molecule has 0 aliphatic rings. The molecule has 112 valence electrons. The zero-order valence-electron chi connectivity index (χ0n) is 12.0. The molecule has 0 unspecified atom stereocenters. The van der Waals surface area contributed by atoms with E-state index in [0.29, 0.717) is 25.4 Å². The normalized spacial score (nSPS) is 11.6. The zero-order chi connectivity index (χ0) is 15.0. The fourth-order valence-electron chi connectivity index (χ4n) is 1.56. The van der Waals surface area contributed by atoms with Gasteiger partial charge in [-0.3, -0.25) is 0 Å². The van der Waals surface area contributed by atoms with Crippen molar-refractivity contribution in [1.82, 2.24) is 4.31 Å². The first-order valence-corrected chi connectivity index (χ1v) is 7.88. The molecule has 0 bridgehead atoms. The van der Waals surface area contributed by atoms with Crippen LogP contribution in [0.2, 0.25) is 0 Å². The molecule has 1 aromatic carbocycles. The Kier molecular flexibility index (Phi) is 6.70. The monoisotopic (exact) mass is 298 g/mol. The molecule has 0 amide bonds. The van der Waals surface area contributed by atoms with Gasteiger partial charge in [-0.1, -0.05) is 18.2 Å². The number of nitrogens with zero attached hydrogens (tertiary/aromatic N) is 1. The molecule has 0 saturated carbocycles. The van der Waals surface area contributed by atoms with Crippen molar-refractivity contribution in [2.24, 2.45) is 0 Å². The van der Waals surface area contributed by atoms with Crippen molar-refractivity contribution in [2.75, 3.05) is 39.2 Å². The van der Waals surface area contributed by atoms with Crippen molar-refractivity contribution in [3.05, 3.63) is 36.9 Å². The summed E-state index contributed by atoms with van der Waals surface area (Å²) < 4.78 is 30.9. The molecule has 0 saturated heterocycles. The van der Waals surface area contributed by atoms with Gasteiger partial charge in [0.1, 0.15) is 4.90 Å². The SMILES string of the molecule is C=CCCOCCNc1ccccc1S(=O)(=O)N(C)C. The highest BCUT2D eigenvalue weighted by molar-refractivity contribution is 7.89. The Morgan fingerprint density at radius 2 is 2.00 bits per heavy atom. The maximum absolute atomic E-state index is 12.2. The van der Waals surface area contributed by atoms with E-state index in [4.69, 9.17) is 4.74 Å². The van der Waals surface area contributed by atoms with Gasteiger partial charge >= 0.3 is 0 Å². The number of nitrogens with one attached hydrogen (secondary N) is 1. The second-order valence-electron chi connectivity index (χ2n) is 4.40. The van der Waals surface area contributed by atoms with E-state index in [1.54, 1.807) is 30.3 Å². The molecule has 0 spiro atoms. The average Bonchev–Trinajstić information content (AvgIpc) is 2.43. The molecule has 5 nitrogen and oxygen atoms in total. The van der Waals surface area contributed by atoms with Gasteiger partial charge < -0.3 is 10.1 Å². The molecule has 0 aliphatic carbocycles. The number of hydrogen-bond donors (Lipinski definition) is 1. The Balaban J connectivity index is 2.65. The summed E-state index contributed by atoms with van der Waals surface area (Å²) in [6, 6.07) is 6.86. The number of sulfonamides is 1. The Morgan fingerprint density at radius 1 is 1.30 bits per heavy atom. The van der Waals surface area contributed by atoms with Crippen molar-refractivity contribution in [2.45, 2.75) is 11.3 Å². The third-order valence-electron chi connectivity index (χ3n) is 2.67. The molecular weight excluding hydrogens is 276 g/mol. The predicted octanol–water partition coefficient (Wildman–Crippen LogP) is 1.94. The van der Waals surface area contributed by atoms with Crippen LogP contribution in [0.5, 0.6) is 0 Å². The molecule has 1 N–H and O–H groups in total. The van der Waals surface area contributed by atoms with Crippen molar-refractivity contribution < 1.29 is 13.2 Å². The Morgan fingerprint density at radius 3 is 2.65 bits per heavy atom. The molecule has 20 heavy (non-hydrogen) atoms. The minimum absolute atomic E-state index is 0.274. The van der Waals surface area contributed by atoms with Gasteiger partial charge in [0, 0.05) is 20.6 Å². The second-order valence-corrected chi connectivity index (χ2v) is 6.52. The van der Waals surface area contributed by atoms with Crippen LogP contribution in [0.25, 0.3) is 0 Å². The first-order valence-electron chi connectivity index (χ1n) is 6.44. The van der Waals surface area contributed by atoms with E-state index in [0.717, 1.165) is 6.42 Å². The van der Waals surface area contributed by atoms with Gasteiger partial charge in [-0.2, -0.15) is 0 Å². The third-order valence-corrected chi connectivity index (χ3v) is 4.55. The Labute approximate surface area is 121 Å². The largest absolute Gasteiger partial charge is 0.382 e. The Bertz CT molecular complexity index is 527. The van der Waals surface area contributed by atoms with Crippen LogP contribution in [-0.4, -0.2) is 46.6 Å². The van der Waals surface area contributed by atoms with Crippen molar-refractivity contribution in [3.63, 3.8) is 0 Å². The van der Waals surface area contributed by atoms with Crippen LogP contribution in [0, 0.1) is 0 Å². The highest BCUT2D eigenvalue weighted by Crippen LogP contribution is 2.22. The number of para-hydroxylation sites is 1. The van der Waals surface area contributed by atoms with E-state index < -0.39 is 10.0 Å². The molecule has 0 atom stereocenters. The predicted molar refractivity (Wildman–Crippen MR) is 81.4 cm³/mol. The minimum atomic E-state index is -3.44. The lowest BCUT2D eigenvalue weighted by atomic mass is 10.3. The van der Waals surface area contributed by atoms with Crippen LogP contribution in [0.15, 0.2) is 41.8 Å². The molecular formula is C14H22N2O3S. The summed E-state index contributed by atoms with van der Waals surface area (Å²) in [5, 5.41) is 3.09. The standard InChI is InChI=1S/C14H22N2O3S/c1-4-5-11-19-12-10-15-13-8-6-7-9-14(13)20(17,18)16(2)3/h4,6-9,15H,1,5,10-12H2,2-3H3. The Hall–Kier alpha value is -1.37. The van der Waals surface area contributed by atoms with E-state index in [1.165, 1.54) is 18.4 Å². The maximum atomic E-state index is 12.2. The fraction of sp³-hybridized carbons (Fsp3) is 0.429. The van der Waals surface area contributed by atoms with Crippen LogP contribution in [0.3, 0.4) is 0 Å². The molecule has 0 fully saturated rings. The van der Waals surface area contributed by atoms with E-state index in [-0.39, 0.29) is 4.90 Å². The highest BCUT2D eigenvalue weighted by Gasteiger charge is 2.20. The number of rotatable bonds is 9. The van der Waals surface area contributed by atoms with Gasteiger partial charge in [-0.05, 0) is 18.6 Å². The van der Waals surface area contributed by atoms with Gasteiger partial charge in [0.05, 0.1) is 18.9 Å². The maximum Gasteiger partial charge on any atom is 0.244 e. The van der Waals surface area contributed by atoms with E-state index >= 15 is 0 Å². The molecule has 0 heterocycles. The van der Waals surface area contributed by atoms with Crippen LogP contribution in [0.1, 0.15) is 6.42 Å². The second kappa shape index (κ2) is 8.04. The smallest absolute Gasteiger partial charge is 0.244 e. The van der Waals surface area contributed by atoms with Crippen LogP contribution < -0.4 is 5.32 Å². The fourth-order valence-corrected chi connectivity index (χ4v) is 2.62. The van der Waals surface area contributed by atoms with Crippen LogP contribution >= 0.6 is 0 Å². The first-order chi connectivity index (χ1) is 9.50. The van der Waals surface area contributed by atoms with Crippen molar-refractivity contribution >= 4 is 15.7 Å². The summed E-state index contributed by atoms with van der Waals surface area (Å²) in [5.74, 6) is 0. The number of ether oxygens (including phenoxy) is 1. The van der Waals surface area contributed by atoms with Gasteiger partial charge in [0.25, 0.3) is 0 Å². The van der Waals surface area contributed by atoms with Crippen LogP contribution in [0.4, 0.5) is 5.69 Å². The molecule has 6 heteroatoms. The summed E-state index contributed by atoms with van der Waals surface area (Å²) in [5.41, 5.74) is 0.591. The lowest BCUT2D eigenvalue weighted by Gasteiger charge is -2.16. The van der Waals surface area contributed by atoms with Gasteiger partial charge in [0.2, 0.25) is 10.0 Å². The average molecular weight is 298 g/mol. The van der Waals surface area contributed by atoms with Gasteiger partial charge in [0.15, 0.2) is 0 Å². The lowest BCUT2D eigenvalue weighted by molar-refractivity contribution is 0.149. The third kappa shape index (κ3) is 4.63. The summed E-state index contributed by atoms with van der Waals surface area (Å²) in [4.78, 5) is 0.274. The first kappa shape index (κ1) is 16.7. The van der Waals surface area contributed by atoms with Crippen LogP contribution in [-0.2, 0) is 14.8 Å². The molecule has 1 aromatic rings. The summed E-state index contributed by atoms with van der Waals surface area (Å²) in [6.45, 7) is 5.31. The van der Waals surface area contributed by atoms with Crippen molar-refractivity contribution in [1.29, 1.82) is 0 Å². The van der Waals surface area contributed by atoms with E-state index in [9.17, 15) is 8.42 Å². The highest BCUT2D eigenvalue weighted by atomic mass is 32.2. The molecule has 1 rings (SSSR count). The summed E-state index contributed by atoms with van der Waals surface area (Å²) in [6.07, 6.45) is 2.61. The van der Waals surface area contributed by atoms with Gasteiger partial charge in [-0.25, -0.2) is 12.7 Å². The van der Waals surface area contributed by atoms with Crippen molar-refractivity contribution in [3.8, 4) is 0 Å². The number of hydrogen-bond acceptors (Lipinski definition) is 4. The van der Waals surface area contributed by atoms with E-state index in [1.807, 2.05) is 0 Å². The van der Waals surface area contributed by atoms with E-state index in [2.05, 4.69) is 11.9 Å². The zero-order valence-corrected chi connectivity index (χ0v) is 12.8.